The van der Waals surface area contributed by atoms with E-state index in [0.717, 1.165) is 11.1 Å². The van der Waals surface area contributed by atoms with Gasteiger partial charge < -0.3 is 14.8 Å². The van der Waals surface area contributed by atoms with Crippen molar-refractivity contribution in [1.29, 1.82) is 0 Å². The van der Waals surface area contributed by atoms with E-state index < -0.39 is 17.3 Å². The van der Waals surface area contributed by atoms with Crippen LogP contribution < -0.4 is 19.7 Å². The molecule has 0 unspecified atom stereocenters. The van der Waals surface area contributed by atoms with Gasteiger partial charge in [-0.3, -0.25) is 19.2 Å². The zero-order chi connectivity index (χ0) is 26.9. The molecule has 0 radical (unpaired) electrons. The van der Waals surface area contributed by atoms with Crippen LogP contribution in [0, 0.1) is 5.82 Å². The van der Waals surface area contributed by atoms with Crippen LogP contribution >= 0.6 is 0 Å². The Bertz CT molecular complexity index is 1480. The molecule has 5 rings (SSSR count). The van der Waals surface area contributed by atoms with Gasteiger partial charge in [0, 0.05) is 23.4 Å². The molecule has 2 amide bonds. The minimum atomic E-state index is -1.35. The topological polar surface area (TPSA) is 85.7 Å². The number of fused-ring (bicyclic) bond motifs is 1. The molecule has 8 nitrogen and oxygen atoms in total. The van der Waals surface area contributed by atoms with Crippen molar-refractivity contribution in [2.75, 3.05) is 19.1 Å². The summed E-state index contributed by atoms with van der Waals surface area (Å²) in [5.74, 6) is 0.118. The lowest BCUT2D eigenvalue weighted by Gasteiger charge is -2.43. The molecule has 0 saturated heterocycles. The number of amides is 2. The smallest absolute Gasteiger partial charge is 0.277 e. The van der Waals surface area contributed by atoms with Crippen LogP contribution in [0.15, 0.2) is 78.9 Å². The molecule has 4 aromatic rings. The minimum Gasteiger partial charge on any atom is -0.497 e. The quantitative estimate of drug-likeness (QED) is 0.394. The van der Waals surface area contributed by atoms with Gasteiger partial charge >= 0.3 is 0 Å². The van der Waals surface area contributed by atoms with Crippen LogP contribution in [0.2, 0.25) is 0 Å². The summed E-state index contributed by atoms with van der Waals surface area (Å²) >= 11 is 0. The first kappa shape index (κ1) is 25.0. The highest BCUT2D eigenvalue weighted by Crippen LogP contribution is 2.34. The molecule has 1 aliphatic heterocycles. The van der Waals surface area contributed by atoms with Crippen molar-refractivity contribution < 1.29 is 23.5 Å². The molecule has 1 atom stereocenters. The number of carbonyl (C=O) groups is 2. The third kappa shape index (κ3) is 4.47. The van der Waals surface area contributed by atoms with Gasteiger partial charge in [-0.2, -0.15) is 5.10 Å². The number of halogens is 1. The Kier molecular flexibility index (Phi) is 6.59. The molecular weight excluding hydrogens is 487 g/mol. The predicted molar refractivity (Wildman–Crippen MR) is 141 cm³/mol. The van der Waals surface area contributed by atoms with Crippen LogP contribution in [0.4, 0.5) is 10.1 Å². The van der Waals surface area contributed by atoms with Crippen molar-refractivity contribution in [2.45, 2.75) is 25.6 Å². The van der Waals surface area contributed by atoms with Gasteiger partial charge in [0.05, 0.1) is 26.5 Å². The highest BCUT2D eigenvalue weighted by Gasteiger charge is 2.49. The van der Waals surface area contributed by atoms with Gasteiger partial charge in [-0.1, -0.05) is 18.2 Å². The number of nitrogens with one attached hydrogen (secondary N) is 1. The van der Waals surface area contributed by atoms with E-state index in [4.69, 9.17) is 9.47 Å². The van der Waals surface area contributed by atoms with Crippen molar-refractivity contribution in [2.24, 2.45) is 0 Å². The zero-order valence-electron chi connectivity index (χ0n) is 21.3. The minimum absolute atomic E-state index is 0.0966. The number of nitrogens with zero attached hydrogens (tertiary/aromatic N) is 3. The van der Waals surface area contributed by atoms with Crippen LogP contribution in [-0.2, 0) is 17.9 Å². The Labute approximate surface area is 219 Å². The van der Waals surface area contributed by atoms with Gasteiger partial charge in [0.1, 0.15) is 28.5 Å². The number of para-hydroxylation sites is 1. The average Bonchev–Trinajstić information content (AvgIpc) is 3.37. The largest absolute Gasteiger partial charge is 0.497 e. The van der Waals surface area contributed by atoms with Crippen molar-refractivity contribution in [3.63, 3.8) is 0 Å². The van der Waals surface area contributed by atoms with Crippen molar-refractivity contribution in [3.05, 3.63) is 95.9 Å². The molecule has 0 fully saturated rings. The molecule has 0 bridgehead atoms. The first-order valence-corrected chi connectivity index (χ1v) is 12.1. The molecule has 3 aromatic carbocycles. The fraction of sp³-hybridized carbons (Fsp3) is 0.207. The number of benzene rings is 3. The van der Waals surface area contributed by atoms with Crippen LogP contribution in [0.1, 0.15) is 23.0 Å². The number of anilines is 1. The van der Waals surface area contributed by atoms with Gasteiger partial charge in [0.2, 0.25) is 5.91 Å². The second-order valence-corrected chi connectivity index (χ2v) is 9.19. The van der Waals surface area contributed by atoms with E-state index in [9.17, 15) is 14.0 Å². The third-order valence-electron chi connectivity index (χ3n) is 6.75. The lowest BCUT2D eigenvalue weighted by Crippen LogP contribution is -2.64. The lowest BCUT2D eigenvalue weighted by molar-refractivity contribution is -0.126. The third-order valence-corrected chi connectivity index (χ3v) is 6.75. The van der Waals surface area contributed by atoms with Crippen molar-refractivity contribution in [3.8, 4) is 22.8 Å². The number of ether oxygens (including phenoxy) is 2. The number of hydrogen-bond donors (Lipinski definition) is 1. The lowest BCUT2D eigenvalue weighted by atomic mass is 9.93. The maximum absolute atomic E-state index is 13.9. The second kappa shape index (κ2) is 10.0. The first-order valence-electron chi connectivity index (χ1n) is 12.1. The Morgan fingerprint density at radius 2 is 1.74 bits per heavy atom. The number of carbonyl (C=O) groups excluding carboxylic acids is 2. The normalized spacial score (nSPS) is 16.6. The maximum Gasteiger partial charge on any atom is 0.277 e. The highest BCUT2D eigenvalue weighted by molar-refractivity contribution is 6.12. The Morgan fingerprint density at radius 3 is 2.42 bits per heavy atom. The summed E-state index contributed by atoms with van der Waals surface area (Å²) in [4.78, 5) is 29.1. The summed E-state index contributed by atoms with van der Waals surface area (Å²) < 4.78 is 25.9. The summed E-state index contributed by atoms with van der Waals surface area (Å²) in [6.07, 6.45) is 0. The summed E-state index contributed by atoms with van der Waals surface area (Å²) in [6.45, 7) is 1.98. The zero-order valence-corrected chi connectivity index (χ0v) is 21.3. The number of rotatable bonds is 7. The fourth-order valence-corrected chi connectivity index (χ4v) is 4.69. The van der Waals surface area contributed by atoms with E-state index in [0.29, 0.717) is 28.6 Å². The maximum atomic E-state index is 13.9. The van der Waals surface area contributed by atoms with Crippen LogP contribution in [0.3, 0.4) is 0 Å². The van der Waals surface area contributed by atoms with Crippen molar-refractivity contribution in [1.82, 2.24) is 15.1 Å². The van der Waals surface area contributed by atoms with Crippen LogP contribution in [0.5, 0.6) is 11.5 Å². The number of methoxy groups -OCH3 is 2. The second-order valence-electron chi connectivity index (χ2n) is 9.19. The molecule has 1 aromatic heterocycles. The summed E-state index contributed by atoms with van der Waals surface area (Å²) in [5.41, 5.74) is 1.57. The van der Waals surface area contributed by atoms with E-state index in [1.54, 1.807) is 31.9 Å². The summed E-state index contributed by atoms with van der Waals surface area (Å²) in [5, 5.41) is 7.62. The molecule has 1 N–H and O–H groups in total. The number of hydrogen-bond acceptors (Lipinski definition) is 5. The molecule has 38 heavy (non-hydrogen) atoms. The van der Waals surface area contributed by atoms with Gasteiger partial charge in [-0.05, 0) is 67.6 Å². The van der Waals surface area contributed by atoms with Crippen LogP contribution in [0.25, 0.3) is 11.3 Å². The van der Waals surface area contributed by atoms with Gasteiger partial charge in [0.15, 0.2) is 0 Å². The van der Waals surface area contributed by atoms with E-state index in [-0.39, 0.29) is 19.0 Å². The fourth-order valence-electron chi connectivity index (χ4n) is 4.69. The molecular formula is C29H27FN4O4. The molecule has 2 heterocycles. The van der Waals surface area contributed by atoms with E-state index in [1.807, 2.05) is 48.5 Å². The van der Waals surface area contributed by atoms with E-state index in [2.05, 4.69) is 10.4 Å². The monoisotopic (exact) mass is 514 g/mol. The Morgan fingerprint density at radius 1 is 1.03 bits per heavy atom. The van der Waals surface area contributed by atoms with E-state index >= 15 is 0 Å². The van der Waals surface area contributed by atoms with Gasteiger partial charge in [-0.15, -0.1) is 0 Å². The van der Waals surface area contributed by atoms with Gasteiger partial charge in [0.25, 0.3) is 5.91 Å². The van der Waals surface area contributed by atoms with Gasteiger partial charge in [-0.25, -0.2) is 4.39 Å². The average molecular weight is 515 g/mol. The summed E-state index contributed by atoms with van der Waals surface area (Å²) in [6, 6.07) is 22.0. The highest BCUT2D eigenvalue weighted by atomic mass is 19.1. The predicted octanol–water partition coefficient (Wildman–Crippen LogP) is 4.44. The number of aromatic nitrogens is 2. The first-order chi connectivity index (χ1) is 18.3. The molecule has 9 heteroatoms. The standard InChI is InChI=1S/C29H27FN4O4/c1-29(28(36)31-17-20-6-4-5-7-26(20)38-3)18-33-25(27(35)34(29)22-12-10-21(30)11-13-22)16-24(32-33)19-8-14-23(37-2)15-9-19/h4-16H,17-18H2,1-3H3,(H,31,36)/t29-/m0/s1. The summed E-state index contributed by atoms with van der Waals surface area (Å²) in [7, 11) is 3.16. The molecule has 0 spiro atoms. The molecule has 0 saturated carbocycles. The van der Waals surface area contributed by atoms with Crippen LogP contribution in [-0.4, -0.2) is 41.4 Å². The Balaban J connectivity index is 1.52. The Hall–Kier alpha value is -4.66. The SMILES string of the molecule is COc1ccc(-c2cc3n(n2)C[C@@](C)(C(=O)NCc2ccccc2OC)N(c2ccc(F)cc2)C3=O)cc1. The van der Waals surface area contributed by atoms with E-state index in [1.165, 1.54) is 29.2 Å². The molecule has 0 aliphatic carbocycles. The van der Waals surface area contributed by atoms with Crippen molar-refractivity contribution >= 4 is 17.5 Å². The molecule has 194 valence electrons. The molecule has 1 aliphatic rings.